The van der Waals surface area contributed by atoms with Crippen molar-refractivity contribution in [2.45, 2.75) is 0 Å². The first-order chi connectivity index (χ1) is 14.0. The fourth-order valence-electron chi connectivity index (χ4n) is 2.61. The maximum atomic E-state index is 11.8. The van der Waals surface area contributed by atoms with Crippen LogP contribution in [0.4, 0.5) is 0 Å². The topological polar surface area (TPSA) is 78.8 Å². The van der Waals surface area contributed by atoms with Crippen molar-refractivity contribution in [3.05, 3.63) is 113 Å². The molecule has 0 unspecified atom stereocenters. The fourth-order valence-corrected chi connectivity index (χ4v) is 2.73. The first kappa shape index (κ1) is 20.0. The van der Waals surface area contributed by atoms with Gasteiger partial charge >= 0.3 is 5.97 Å². The summed E-state index contributed by atoms with van der Waals surface area (Å²) in [6.07, 6.45) is 1.02. The number of carboxylic acids is 1. The van der Waals surface area contributed by atoms with Gasteiger partial charge < -0.3 is 5.11 Å². The number of nitrogens with one attached hydrogen (secondary N) is 1. The van der Waals surface area contributed by atoms with Crippen molar-refractivity contribution in [1.29, 1.82) is 0 Å². The van der Waals surface area contributed by atoms with Gasteiger partial charge in [0.1, 0.15) is 0 Å². The molecule has 0 saturated heterocycles. The van der Waals surface area contributed by atoms with Gasteiger partial charge in [-0.15, -0.1) is 0 Å². The molecule has 0 saturated carbocycles. The lowest BCUT2D eigenvalue weighted by atomic mass is 10.0. The van der Waals surface area contributed by atoms with Crippen molar-refractivity contribution in [2.24, 2.45) is 5.10 Å². The largest absolute Gasteiger partial charge is 0.475 e. The maximum Gasteiger partial charge on any atom is 0.376 e. The van der Waals surface area contributed by atoms with Gasteiger partial charge in [0.15, 0.2) is 0 Å². The average molecular weight is 405 g/mol. The number of carboxylic acid groups (broad SMARTS) is 1. The van der Waals surface area contributed by atoms with E-state index < -0.39 is 11.8 Å². The molecular formula is C23H17ClN2O3. The van der Waals surface area contributed by atoms with E-state index in [1.807, 2.05) is 48.5 Å². The molecule has 0 bridgehead atoms. The third-order valence-corrected chi connectivity index (χ3v) is 4.28. The lowest BCUT2D eigenvalue weighted by molar-refractivity contribution is -0.146. The van der Waals surface area contributed by atoms with E-state index in [2.05, 4.69) is 10.5 Å². The van der Waals surface area contributed by atoms with Gasteiger partial charge in [-0.25, -0.2) is 4.79 Å². The van der Waals surface area contributed by atoms with Crippen LogP contribution in [-0.4, -0.2) is 22.6 Å². The van der Waals surface area contributed by atoms with Gasteiger partial charge in [-0.3, -0.25) is 10.2 Å². The predicted octanol–water partition coefficient (Wildman–Crippen LogP) is 4.38. The van der Waals surface area contributed by atoms with E-state index in [1.54, 1.807) is 36.4 Å². The van der Waals surface area contributed by atoms with Crippen molar-refractivity contribution >= 4 is 34.8 Å². The van der Waals surface area contributed by atoms with Crippen LogP contribution < -0.4 is 5.43 Å². The van der Waals surface area contributed by atoms with E-state index in [0.717, 1.165) is 17.2 Å². The number of rotatable bonds is 7. The quantitative estimate of drug-likeness (QED) is 0.265. The number of aliphatic carboxylic acids is 1. The second-order valence-electron chi connectivity index (χ2n) is 6.04. The van der Waals surface area contributed by atoms with Crippen molar-refractivity contribution in [2.75, 3.05) is 0 Å². The monoisotopic (exact) mass is 404 g/mol. The van der Waals surface area contributed by atoms with Gasteiger partial charge in [0.2, 0.25) is 0 Å². The third kappa shape index (κ3) is 5.40. The molecule has 0 fully saturated rings. The summed E-state index contributed by atoms with van der Waals surface area (Å²) in [5.74, 6) is -2.58. The van der Waals surface area contributed by atoms with E-state index in [-0.39, 0.29) is 5.70 Å². The third-order valence-electron chi connectivity index (χ3n) is 4.02. The van der Waals surface area contributed by atoms with E-state index in [4.69, 9.17) is 16.7 Å². The van der Waals surface area contributed by atoms with Crippen LogP contribution in [0.2, 0.25) is 5.02 Å². The molecule has 0 aliphatic carbocycles. The van der Waals surface area contributed by atoms with E-state index in [9.17, 15) is 9.59 Å². The van der Waals surface area contributed by atoms with Gasteiger partial charge in [-0.05, 0) is 17.7 Å². The summed E-state index contributed by atoms with van der Waals surface area (Å²) in [6.45, 7) is 0. The first-order valence-electron chi connectivity index (χ1n) is 8.74. The normalized spacial score (nSPS) is 11.8. The molecule has 6 heteroatoms. The molecular weight excluding hydrogens is 388 g/mol. The molecule has 0 spiro atoms. The number of nitrogens with zero attached hydrogens (tertiary/aromatic N) is 1. The van der Waals surface area contributed by atoms with Crippen LogP contribution in [0.15, 0.2) is 96.1 Å². The van der Waals surface area contributed by atoms with Crippen LogP contribution in [0.5, 0.6) is 0 Å². The molecule has 0 aromatic heterocycles. The SMILES string of the molecule is O=C(O)C(=O)C=C(N/N=C(\c1ccccc1)c1ccc(Cl)cc1)c1ccccc1. The molecule has 0 atom stereocenters. The Bertz CT molecular complexity index is 1060. The molecule has 0 aliphatic rings. The molecule has 5 nitrogen and oxygen atoms in total. The molecule has 144 valence electrons. The minimum absolute atomic E-state index is 0.278. The Morgan fingerprint density at radius 3 is 1.86 bits per heavy atom. The average Bonchev–Trinajstić information content (AvgIpc) is 2.75. The van der Waals surface area contributed by atoms with Crippen molar-refractivity contribution < 1.29 is 14.7 Å². The lowest BCUT2D eigenvalue weighted by Crippen LogP contribution is -2.16. The molecule has 3 rings (SSSR count). The molecule has 3 aromatic rings. The Morgan fingerprint density at radius 1 is 0.793 bits per heavy atom. The highest BCUT2D eigenvalue weighted by molar-refractivity contribution is 6.38. The number of ketones is 1. The highest BCUT2D eigenvalue weighted by atomic mass is 35.5. The zero-order valence-electron chi connectivity index (χ0n) is 15.2. The number of benzene rings is 3. The number of hydrazone groups is 1. The maximum absolute atomic E-state index is 11.8. The second kappa shape index (κ2) is 9.48. The number of hydrogen-bond acceptors (Lipinski definition) is 4. The first-order valence-corrected chi connectivity index (χ1v) is 9.12. The summed E-state index contributed by atoms with van der Waals surface area (Å²) in [6, 6.07) is 25.6. The van der Waals surface area contributed by atoms with Crippen LogP contribution in [-0.2, 0) is 9.59 Å². The van der Waals surface area contributed by atoms with Crippen molar-refractivity contribution in [3.8, 4) is 0 Å². The van der Waals surface area contributed by atoms with Gasteiger partial charge in [-0.2, -0.15) is 5.10 Å². The number of carbonyl (C=O) groups excluding carboxylic acids is 1. The van der Waals surface area contributed by atoms with Crippen LogP contribution >= 0.6 is 11.6 Å². The van der Waals surface area contributed by atoms with Crippen LogP contribution in [0, 0.1) is 0 Å². The zero-order valence-corrected chi connectivity index (χ0v) is 16.0. The van der Waals surface area contributed by atoms with Crippen LogP contribution in [0.1, 0.15) is 16.7 Å². The Kier molecular flexibility index (Phi) is 6.55. The number of halogens is 1. The Labute approximate surface area is 173 Å². The van der Waals surface area contributed by atoms with Gasteiger partial charge in [0, 0.05) is 22.2 Å². The Morgan fingerprint density at radius 2 is 1.31 bits per heavy atom. The Balaban J connectivity index is 2.04. The second-order valence-corrected chi connectivity index (χ2v) is 6.48. The van der Waals surface area contributed by atoms with Crippen LogP contribution in [0.3, 0.4) is 0 Å². The lowest BCUT2D eigenvalue weighted by Gasteiger charge is -2.11. The molecule has 29 heavy (non-hydrogen) atoms. The predicted molar refractivity (Wildman–Crippen MR) is 114 cm³/mol. The van der Waals surface area contributed by atoms with E-state index in [0.29, 0.717) is 16.3 Å². The summed E-state index contributed by atoms with van der Waals surface area (Å²) in [7, 11) is 0. The molecule has 3 aromatic carbocycles. The van der Waals surface area contributed by atoms with E-state index >= 15 is 0 Å². The summed E-state index contributed by atoms with van der Waals surface area (Å²) < 4.78 is 0. The van der Waals surface area contributed by atoms with Gasteiger partial charge in [-0.1, -0.05) is 84.4 Å². The van der Waals surface area contributed by atoms with Gasteiger partial charge in [0.25, 0.3) is 5.78 Å². The highest BCUT2D eigenvalue weighted by Crippen LogP contribution is 2.16. The highest BCUT2D eigenvalue weighted by Gasteiger charge is 2.12. The van der Waals surface area contributed by atoms with Crippen LogP contribution in [0.25, 0.3) is 5.70 Å². The summed E-state index contributed by atoms with van der Waals surface area (Å²) in [5.41, 5.74) is 6.05. The summed E-state index contributed by atoms with van der Waals surface area (Å²) in [5, 5.41) is 14.1. The van der Waals surface area contributed by atoms with Gasteiger partial charge in [0.05, 0.1) is 11.4 Å². The molecule has 0 radical (unpaired) electrons. The minimum Gasteiger partial charge on any atom is -0.475 e. The molecule has 0 aliphatic heterocycles. The minimum atomic E-state index is -1.54. The molecule has 2 N–H and O–H groups in total. The Hall–Kier alpha value is -3.70. The molecule has 0 amide bonds. The fraction of sp³-hybridized carbons (Fsp3) is 0. The molecule has 0 heterocycles. The number of carbonyl (C=O) groups is 2. The standard InChI is InChI=1S/C23H17ClN2O3/c24-19-13-11-18(12-14-19)22(17-9-5-2-6-10-17)26-25-20(15-21(27)23(28)29)16-7-3-1-4-8-16/h1-15,25H,(H,28,29)/b20-15?,26-22+. The zero-order chi connectivity index (χ0) is 20.6. The number of hydrogen-bond donors (Lipinski definition) is 2. The summed E-state index contributed by atoms with van der Waals surface area (Å²) >= 11 is 6.00. The summed E-state index contributed by atoms with van der Waals surface area (Å²) in [4.78, 5) is 22.8. The van der Waals surface area contributed by atoms with E-state index in [1.165, 1.54) is 0 Å². The van der Waals surface area contributed by atoms with Crippen molar-refractivity contribution in [3.63, 3.8) is 0 Å². The van der Waals surface area contributed by atoms with Crippen molar-refractivity contribution in [1.82, 2.24) is 5.43 Å². The smallest absolute Gasteiger partial charge is 0.376 e.